The topological polar surface area (TPSA) is 131 Å². The maximum atomic E-state index is 12.8. The summed E-state index contributed by atoms with van der Waals surface area (Å²) in [6.45, 7) is 0.0267. The van der Waals surface area contributed by atoms with Gasteiger partial charge in [0.1, 0.15) is 6.29 Å². The highest BCUT2D eigenvalue weighted by Crippen LogP contribution is 2.41. The highest BCUT2D eigenvalue weighted by Gasteiger charge is 2.32. The minimum atomic E-state index is -1.09. The molecule has 0 bridgehead atoms. The van der Waals surface area contributed by atoms with E-state index in [1.807, 2.05) is 0 Å². The van der Waals surface area contributed by atoms with Gasteiger partial charge in [0.2, 0.25) is 6.79 Å². The lowest BCUT2D eigenvalue weighted by molar-refractivity contribution is -0.384. The van der Waals surface area contributed by atoms with Crippen LogP contribution in [-0.4, -0.2) is 44.2 Å². The van der Waals surface area contributed by atoms with Gasteiger partial charge in [0.05, 0.1) is 30.6 Å². The number of benzene rings is 2. The Morgan fingerprint density at radius 1 is 1.16 bits per heavy atom. The zero-order chi connectivity index (χ0) is 22.5. The van der Waals surface area contributed by atoms with Gasteiger partial charge in [0.15, 0.2) is 11.5 Å². The summed E-state index contributed by atoms with van der Waals surface area (Å²) in [6.07, 6.45) is 0.605. The van der Waals surface area contributed by atoms with E-state index in [4.69, 9.17) is 18.9 Å². The molecule has 0 saturated carbocycles. The molecular formula is C21H19NO9. The number of rotatable bonds is 8. The summed E-state index contributed by atoms with van der Waals surface area (Å²) in [5.41, 5.74) is 0.272. The number of nitrogens with zero attached hydrogens (tertiary/aromatic N) is 1. The summed E-state index contributed by atoms with van der Waals surface area (Å²) in [4.78, 5) is 47.1. The molecule has 10 heteroatoms. The number of esters is 2. The maximum absolute atomic E-state index is 12.8. The van der Waals surface area contributed by atoms with Crippen LogP contribution >= 0.6 is 0 Å². The summed E-state index contributed by atoms with van der Waals surface area (Å²) in [5, 5.41) is 11.6. The molecular weight excluding hydrogens is 410 g/mol. The molecule has 0 aliphatic carbocycles. The summed E-state index contributed by atoms with van der Waals surface area (Å²) in [6, 6.07) is 7.16. The number of non-ortho nitro benzene ring substituents is 1. The van der Waals surface area contributed by atoms with Crippen molar-refractivity contribution in [1.82, 2.24) is 0 Å². The second kappa shape index (κ2) is 9.24. The normalized spacial score (nSPS) is 12.7. The lowest BCUT2D eigenvalue weighted by Crippen LogP contribution is -2.19. The van der Waals surface area contributed by atoms with Crippen molar-refractivity contribution in [1.29, 1.82) is 0 Å². The van der Waals surface area contributed by atoms with Crippen molar-refractivity contribution < 1.29 is 38.3 Å². The first-order chi connectivity index (χ1) is 14.9. The lowest BCUT2D eigenvalue weighted by Gasteiger charge is -2.19. The van der Waals surface area contributed by atoms with Crippen LogP contribution in [0.4, 0.5) is 5.69 Å². The minimum absolute atomic E-state index is 0.00190. The molecule has 1 heterocycles. The van der Waals surface area contributed by atoms with E-state index in [1.54, 1.807) is 18.2 Å². The highest BCUT2D eigenvalue weighted by atomic mass is 16.7. The van der Waals surface area contributed by atoms with Crippen molar-refractivity contribution in [2.45, 2.75) is 18.8 Å². The van der Waals surface area contributed by atoms with E-state index in [0.717, 1.165) is 20.3 Å². The molecule has 0 spiro atoms. The fourth-order valence-corrected chi connectivity index (χ4v) is 3.43. The molecule has 0 saturated heterocycles. The number of carbonyl (C=O) groups excluding carboxylic acids is 3. The standard InChI is InChI=1S/C21H19NO9/c1-28-20(24)14(4-3-7-23)16-10-13(22(26)27)9-15(19(16)21(25)29-2)12-5-6-17-18(8-12)31-11-30-17/h5-10,14H,3-4,11H2,1-2H3. The van der Waals surface area contributed by atoms with Crippen molar-refractivity contribution in [2.75, 3.05) is 21.0 Å². The summed E-state index contributed by atoms with van der Waals surface area (Å²) in [7, 11) is 2.32. The third kappa shape index (κ3) is 4.32. The predicted molar refractivity (Wildman–Crippen MR) is 106 cm³/mol. The first-order valence-electron chi connectivity index (χ1n) is 9.23. The molecule has 2 aromatic rings. The Morgan fingerprint density at radius 3 is 2.55 bits per heavy atom. The van der Waals surface area contributed by atoms with Gasteiger partial charge in [0, 0.05) is 24.1 Å². The Morgan fingerprint density at radius 2 is 1.90 bits per heavy atom. The molecule has 0 N–H and O–H groups in total. The van der Waals surface area contributed by atoms with Crippen molar-refractivity contribution in [3.8, 4) is 22.6 Å². The molecule has 31 heavy (non-hydrogen) atoms. The average Bonchev–Trinajstić information content (AvgIpc) is 3.25. The molecule has 0 fully saturated rings. The Bertz CT molecular complexity index is 1050. The van der Waals surface area contributed by atoms with Crippen molar-refractivity contribution >= 4 is 23.9 Å². The first-order valence-corrected chi connectivity index (χ1v) is 9.23. The third-order valence-corrected chi connectivity index (χ3v) is 4.87. The van der Waals surface area contributed by atoms with Crippen LogP contribution in [0, 0.1) is 10.1 Å². The second-order valence-corrected chi connectivity index (χ2v) is 6.59. The minimum Gasteiger partial charge on any atom is -0.469 e. The molecule has 2 aromatic carbocycles. The van der Waals surface area contributed by atoms with Crippen LogP contribution in [0.1, 0.15) is 34.7 Å². The van der Waals surface area contributed by atoms with E-state index in [1.165, 1.54) is 6.07 Å². The maximum Gasteiger partial charge on any atom is 0.338 e. The lowest BCUT2D eigenvalue weighted by atomic mass is 9.85. The Labute approximate surface area is 176 Å². The zero-order valence-corrected chi connectivity index (χ0v) is 16.8. The quantitative estimate of drug-likeness (QED) is 0.269. The van der Waals surface area contributed by atoms with Crippen LogP contribution < -0.4 is 9.47 Å². The fourth-order valence-electron chi connectivity index (χ4n) is 3.43. The van der Waals surface area contributed by atoms with Crippen molar-refractivity contribution in [3.05, 3.63) is 51.6 Å². The van der Waals surface area contributed by atoms with E-state index in [2.05, 4.69) is 0 Å². The Kier molecular flexibility index (Phi) is 6.49. The number of carbonyl (C=O) groups is 3. The largest absolute Gasteiger partial charge is 0.469 e. The van der Waals surface area contributed by atoms with Crippen LogP contribution in [0.25, 0.3) is 11.1 Å². The zero-order valence-electron chi connectivity index (χ0n) is 16.8. The Hall–Kier alpha value is -3.95. The van der Waals surface area contributed by atoms with Gasteiger partial charge in [-0.05, 0) is 29.7 Å². The SMILES string of the molecule is COC(=O)c1c(-c2ccc3c(c2)OCO3)cc([N+](=O)[O-])cc1C(CCC=O)C(=O)OC. The van der Waals surface area contributed by atoms with Gasteiger partial charge >= 0.3 is 11.9 Å². The molecule has 10 nitrogen and oxygen atoms in total. The molecule has 162 valence electrons. The monoisotopic (exact) mass is 429 g/mol. The summed E-state index contributed by atoms with van der Waals surface area (Å²) in [5.74, 6) is -1.71. The van der Waals surface area contributed by atoms with Crippen LogP contribution in [-0.2, 0) is 19.1 Å². The molecule has 1 atom stereocenters. The molecule has 0 radical (unpaired) electrons. The number of aldehydes is 1. The van der Waals surface area contributed by atoms with E-state index in [9.17, 15) is 24.5 Å². The van der Waals surface area contributed by atoms with Gasteiger partial charge in [0.25, 0.3) is 5.69 Å². The summed E-state index contributed by atoms with van der Waals surface area (Å²) >= 11 is 0. The number of methoxy groups -OCH3 is 2. The van der Waals surface area contributed by atoms with E-state index < -0.39 is 22.8 Å². The molecule has 1 aliphatic rings. The van der Waals surface area contributed by atoms with Gasteiger partial charge in [-0.3, -0.25) is 14.9 Å². The smallest absolute Gasteiger partial charge is 0.338 e. The molecule has 0 aromatic heterocycles. The number of fused-ring (bicyclic) bond motifs is 1. The van der Waals surface area contributed by atoms with Gasteiger partial charge < -0.3 is 23.7 Å². The number of hydrogen-bond acceptors (Lipinski definition) is 9. The summed E-state index contributed by atoms with van der Waals surface area (Å²) < 4.78 is 20.4. The van der Waals surface area contributed by atoms with E-state index in [-0.39, 0.29) is 42.0 Å². The van der Waals surface area contributed by atoms with Crippen LogP contribution in [0.15, 0.2) is 30.3 Å². The van der Waals surface area contributed by atoms with Gasteiger partial charge in [-0.15, -0.1) is 0 Å². The van der Waals surface area contributed by atoms with Gasteiger partial charge in [-0.25, -0.2) is 4.79 Å². The first kappa shape index (κ1) is 21.8. The number of ether oxygens (including phenoxy) is 4. The number of nitro benzene ring substituents is 1. The third-order valence-electron chi connectivity index (χ3n) is 4.87. The number of hydrogen-bond donors (Lipinski definition) is 0. The molecule has 3 rings (SSSR count). The Balaban J connectivity index is 2.31. The van der Waals surface area contributed by atoms with Gasteiger partial charge in [-0.2, -0.15) is 0 Å². The van der Waals surface area contributed by atoms with Crippen molar-refractivity contribution in [2.24, 2.45) is 0 Å². The second-order valence-electron chi connectivity index (χ2n) is 6.59. The van der Waals surface area contributed by atoms with E-state index >= 15 is 0 Å². The average molecular weight is 429 g/mol. The van der Waals surface area contributed by atoms with Gasteiger partial charge in [-0.1, -0.05) is 6.07 Å². The number of nitro groups is 1. The predicted octanol–water partition coefficient (Wildman–Crippen LogP) is 3.01. The van der Waals surface area contributed by atoms with Crippen LogP contribution in [0.3, 0.4) is 0 Å². The van der Waals surface area contributed by atoms with Crippen LogP contribution in [0.5, 0.6) is 11.5 Å². The highest BCUT2D eigenvalue weighted by molar-refractivity contribution is 6.01. The van der Waals surface area contributed by atoms with Crippen LogP contribution in [0.2, 0.25) is 0 Å². The van der Waals surface area contributed by atoms with E-state index in [0.29, 0.717) is 23.3 Å². The molecule has 1 aliphatic heterocycles. The van der Waals surface area contributed by atoms with Crippen molar-refractivity contribution in [3.63, 3.8) is 0 Å². The molecule has 0 amide bonds. The fraction of sp³-hybridized carbons (Fsp3) is 0.286. The molecule has 1 unspecified atom stereocenters.